The predicted molar refractivity (Wildman–Crippen MR) is 149 cm³/mol. The minimum Gasteiger partial charge on any atom is -0.361 e. The van der Waals surface area contributed by atoms with Gasteiger partial charge in [-0.05, 0) is 73.9 Å². The van der Waals surface area contributed by atoms with Crippen molar-refractivity contribution in [3.05, 3.63) is 106 Å². The number of aromatic nitrogens is 1. The van der Waals surface area contributed by atoms with Crippen molar-refractivity contribution in [3.63, 3.8) is 0 Å². The molecule has 3 aromatic carbocycles. The van der Waals surface area contributed by atoms with E-state index in [-0.39, 0.29) is 30.9 Å². The lowest BCUT2D eigenvalue weighted by Gasteiger charge is -2.30. The van der Waals surface area contributed by atoms with Crippen LogP contribution in [0.2, 0.25) is 0 Å². The summed E-state index contributed by atoms with van der Waals surface area (Å²) in [5, 5.41) is 1.05. The molecule has 4 rings (SSSR count). The molecule has 0 aliphatic rings. The highest BCUT2D eigenvalue weighted by atomic mass is 79.9. The molecule has 1 aromatic heterocycles. The molecule has 0 radical (unpaired) electrons. The van der Waals surface area contributed by atoms with Gasteiger partial charge in [0, 0.05) is 46.3 Å². The molecule has 0 atom stereocenters. The summed E-state index contributed by atoms with van der Waals surface area (Å²) in [6, 6.07) is 19.4. The number of hydrogen-bond donors (Lipinski definition) is 1. The zero-order chi connectivity index (χ0) is 28.2. The number of fused-ring (bicyclic) bond motifs is 1. The van der Waals surface area contributed by atoms with Crippen molar-refractivity contribution in [2.24, 2.45) is 0 Å². The number of carbonyl (C=O) groups excluding carboxylic acids is 2. The largest absolute Gasteiger partial charge is 0.416 e. The third-order valence-corrected chi connectivity index (χ3v) is 7.14. The number of nitrogens with zero attached hydrogens (tertiary/aromatic N) is 2. The van der Waals surface area contributed by atoms with Crippen LogP contribution in [0, 0.1) is 0 Å². The van der Waals surface area contributed by atoms with Gasteiger partial charge in [0.05, 0.1) is 5.56 Å². The minimum atomic E-state index is -4.44. The molecule has 204 valence electrons. The van der Waals surface area contributed by atoms with Crippen LogP contribution < -0.4 is 0 Å². The quantitative estimate of drug-likeness (QED) is 0.224. The van der Waals surface area contributed by atoms with Gasteiger partial charge in [0.1, 0.15) is 6.54 Å². The highest BCUT2D eigenvalue weighted by Gasteiger charge is 2.30. The summed E-state index contributed by atoms with van der Waals surface area (Å²) in [6.45, 7) is 3.99. The van der Waals surface area contributed by atoms with Crippen molar-refractivity contribution in [1.29, 1.82) is 0 Å². The van der Waals surface area contributed by atoms with Crippen LogP contribution in [0.15, 0.2) is 83.5 Å². The van der Waals surface area contributed by atoms with Crippen molar-refractivity contribution in [2.45, 2.75) is 39.0 Å². The molecule has 9 heteroatoms. The Morgan fingerprint density at radius 3 is 2.26 bits per heavy atom. The van der Waals surface area contributed by atoms with Gasteiger partial charge in [-0.1, -0.05) is 46.3 Å². The third-order valence-electron chi connectivity index (χ3n) is 6.61. The lowest BCUT2D eigenvalue weighted by atomic mass is 10.1. The van der Waals surface area contributed by atoms with E-state index in [2.05, 4.69) is 20.9 Å². The number of para-hydroxylation sites is 1. The van der Waals surface area contributed by atoms with Gasteiger partial charge >= 0.3 is 6.18 Å². The average Bonchev–Trinajstić information content (AvgIpc) is 3.32. The molecule has 0 aliphatic carbocycles. The molecular weight excluding hydrogens is 571 g/mol. The molecule has 4 aromatic rings. The fourth-order valence-electron chi connectivity index (χ4n) is 4.40. The zero-order valence-electron chi connectivity index (χ0n) is 21.6. The second kappa shape index (κ2) is 12.1. The van der Waals surface area contributed by atoms with E-state index in [1.807, 2.05) is 44.3 Å². The van der Waals surface area contributed by atoms with Crippen LogP contribution in [-0.4, -0.2) is 45.7 Å². The molecule has 0 bridgehead atoms. The van der Waals surface area contributed by atoms with Gasteiger partial charge in [0.25, 0.3) is 5.91 Å². The summed E-state index contributed by atoms with van der Waals surface area (Å²) < 4.78 is 40.0. The van der Waals surface area contributed by atoms with E-state index >= 15 is 0 Å². The Bertz CT molecular complexity index is 1430. The molecule has 0 fully saturated rings. The van der Waals surface area contributed by atoms with Crippen molar-refractivity contribution < 1.29 is 22.8 Å². The SMILES string of the molecule is CC(C)N(CC(=O)N(CCc1c[nH]c2ccccc12)Cc1ccc(C(F)(F)F)cc1)C(=O)c1ccc(Br)cc1. The Hall–Kier alpha value is -3.59. The number of H-pyrrole nitrogens is 1. The van der Waals surface area contributed by atoms with Crippen LogP contribution in [0.5, 0.6) is 0 Å². The van der Waals surface area contributed by atoms with Crippen LogP contribution in [-0.2, 0) is 23.9 Å². The van der Waals surface area contributed by atoms with Gasteiger partial charge < -0.3 is 14.8 Å². The monoisotopic (exact) mass is 599 g/mol. The number of nitrogens with one attached hydrogen (secondary N) is 1. The fourth-order valence-corrected chi connectivity index (χ4v) is 4.66. The minimum absolute atomic E-state index is 0.123. The Morgan fingerprint density at radius 1 is 0.949 bits per heavy atom. The van der Waals surface area contributed by atoms with Crippen LogP contribution in [0.3, 0.4) is 0 Å². The Kier molecular flexibility index (Phi) is 8.80. The first-order valence-corrected chi connectivity index (χ1v) is 13.4. The third kappa shape index (κ3) is 7.09. The van der Waals surface area contributed by atoms with Gasteiger partial charge in [-0.25, -0.2) is 0 Å². The molecule has 5 nitrogen and oxygen atoms in total. The maximum absolute atomic E-state index is 13.6. The van der Waals surface area contributed by atoms with E-state index in [9.17, 15) is 22.8 Å². The van der Waals surface area contributed by atoms with Gasteiger partial charge in [0.15, 0.2) is 0 Å². The molecule has 0 saturated heterocycles. The number of carbonyl (C=O) groups is 2. The molecule has 0 spiro atoms. The average molecular weight is 600 g/mol. The number of amides is 2. The van der Waals surface area contributed by atoms with Gasteiger partial charge in [-0.15, -0.1) is 0 Å². The summed E-state index contributed by atoms with van der Waals surface area (Å²) in [5.74, 6) is -0.550. The lowest BCUT2D eigenvalue weighted by molar-refractivity contribution is -0.137. The maximum Gasteiger partial charge on any atom is 0.416 e. The summed E-state index contributed by atoms with van der Waals surface area (Å²) in [6.07, 6.45) is -1.99. The maximum atomic E-state index is 13.6. The van der Waals surface area contributed by atoms with E-state index in [0.29, 0.717) is 24.1 Å². The molecule has 39 heavy (non-hydrogen) atoms. The fraction of sp³-hybridized carbons (Fsp3) is 0.267. The van der Waals surface area contributed by atoms with E-state index < -0.39 is 11.7 Å². The van der Waals surface area contributed by atoms with E-state index in [4.69, 9.17) is 0 Å². The molecule has 1 heterocycles. The van der Waals surface area contributed by atoms with Gasteiger partial charge in [-0.3, -0.25) is 9.59 Å². The lowest BCUT2D eigenvalue weighted by Crippen LogP contribution is -2.46. The number of halogens is 4. The number of benzene rings is 3. The highest BCUT2D eigenvalue weighted by Crippen LogP contribution is 2.29. The standard InChI is InChI=1S/C30H29BrF3N3O2/c1-20(2)37(29(39)22-9-13-25(31)14-10-22)19-28(38)36(18-21-7-11-24(12-8-21)30(32,33)34)16-15-23-17-35-27-6-4-3-5-26(23)27/h3-14,17,20,35H,15-16,18-19H2,1-2H3. The Labute approximate surface area is 233 Å². The number of alkyl halides is 3. The molecule has 0 unspecified atom stereocenters. The van der Waals surface area contributed by atoms with Crippen LogP contribution >= 0.6 is 15.9 Å². The van der Waals surface area contributed by atoms with Crippen molar-refractivity contribution >= 4 is 38.6 Å². The van der Waals surface area contributed by atoms with Gasteiger partial charge in [-0.2, -0.15) is 13.2 Å². The molecule has 1 N–H and O–H groups in total. The number of rotatable bonds is 9. The zero-order valence-corrected chi connectivity index (χ0v) is 23.2. The van der Waals surface area contributed by atoms with E-state index in [0.717, 1.165) is 33.1 Å². The Balaban J connectivity index is 1.56. The number of aromatic amines is 1. The first-order valence-electron chi connectivity index (χ1n) is 12.6. The summed E-state index contributed by atoms with van der Waals surface area (Å²) >= 11 is 3.36. The predicted octanol–water partition coefficient (Wildman–Crippen LogP) is 7.07. The summed E-state index contributed by atoms with van der Waals surface area (Å²) in [5.41, 5.74) is 2.31. The number of hydrogen-bond acceptors (Lipinski definition) is 2. The van der Waals surface area contributed by atoms with Crippen molar-refractivity contribution in [2.75, 3.05) is 13.1 Å². The molecule has 0 aliphatic heterocycles. The molecule has 2 amide bonds. The Morgan fingerprint density at radius 2 is 1.62 bits per heavy atom. The molecular formula is C30H29BrF3N3O2. The van der Waals surface area contributed by atoms with Crippen molar-refractivity contribution in [1.82, 2.24) is 14.8 Å². The van der Waals surface area contributed by atoms with Crippen LogP contribution in [0.25, 0.3) is 10.9 Å². The van der Waals surface area contributed by atoms with Crippen LogP contribution in [0.4, 0.5) is 13.2 Å². The highest BCUT2D eigenvalue weighted by molar-refractivity contribution is 9.10. The second-order valence-electron chi connectivity index (χ2n) is 9.65. The first-order chi connectivity index (χ1) is 18.5. The topological polar surface area (TPSA) is 56.4 Å². The van der Waals surface area contributed by atoms with E-state index in [1.165, 1.54) is 17.0 Å². The summed E-state index contributed by atoms with van der Waals surface area (Å²) in [7, 11) is 0. The smallest absolute Gasteiger partial charge is 0.361 e. The van der Waals surface area contributed by atoms with Crippen LogP contribution in [0.1, 0.15) is 40.9 Å². The summed E-state index contributed by atoms with van der Waals surface area (Å²) in [4.78, 5) is 33.2. The second-order valence-corrected chi connectivity index (χ2v) is 10.6. The first kappa shape index (κ1) is 28.4. The van der Waals surface area contributed by atoms with Crippen molar-refractivity contribution in [3.8, 4) is 0 Å². The molecule has 0 saturated carbocycles. The van der Waals surface area contributed by atoms with Gasteiger partial charge in [0.2, 0.25) is 5.91 Å². The normalized spacial score (nSPS) is 11.7. The van der Waals surface area contributed by atoms with E-state index in [1.54, 1.807) is 29.2 Å².